The fourth-order valence-corrected chi connectivity index (χ4v) is 0. The molecular formula is H6BaO3Zr. The van der Waals surface area contributed by atoms with Crippen LogP contribution in [0, 0.1) is 0 Å². The standard InChI is InChI=1S/Ba.3H2O.Zr/h;3*1H2;. The Morgan fingerprint density at radius 2 is 0.600 bits per heavy atom. The smallest absolute Gasteiger partial charge is 0 e. The molecule has 0 bridgehead atoms. The van der Waals surface area contributed by atoms with E-state index in [1.807, 2.05) is 0 Å². The molecule has 0 amide bonds. The van der Waals surface area contributed by atoms with E-state index in [1.165, 1.54) is 0 Å². The maximum atomic E-state index is 0. The summed E-state index contributed by atoms with van der Waals surface area (Å²) < 4.78 is 0. The van der Waals surface area contributed by atoms with Gasteiger partial charge in [0.15, 0.2) is 0 Å². The zero-order chi connectivity index (χ0) is 0. The molecule has 0 unspecified atom stereocenters. The van der Waals surface area contributed by atoms with Crippen LogP contribution in [-0.4, -0.2) is 65.3 Å². The van der Waals surface area contributed by atoms with Crippen LogP contribution in [0.15, 0.2) is 0 Å². The van der Waals surface area contributed by atoms with Crippen molar-refractivity contribution in [3.8, 4) is 0 Å². The first-order valence-electron chi connectivity index (χ1n) is 0. The Hall–Kier alpha value is 2.33. The van der Waals surface area contributed by atoms with Crippen molar-refractivity contribution in [1.82, 2.24) is 0 Å². The summed E-state index contributed by atoms with van der Waals surface area (Å²) in [6.07, 6.45) is 0. The van der Waals surface area contributed by atoms with Crippen LogP contribution in [0.1, 0.15) is 0 Å². The van der Waals surface area contributed by atoms with Crippen LogP contribution in [-0.2, 0) is 26.2 Å². The summed E-state index contributed by atoms with van der Waals surface area (Å²) in [5.41, 5.74) is 0. The average Bonchev–Trinajstić information content (AvgIpc) is 0. The summed E-state index contributed by atoms with van der Waals surface area (Å²) >= 11 is 0. The second kappa shape index (κ2) is 33.1. The van der Waals surface area contributed by atoms with Gasteiger partial charge in [-0.3, -0.25) is 0 Å². The normalized spacial score (nSPS) is 0. The van der Waals surface area contributed by atoms with Gasteiger partial charge < -0.3 is 16.4 Å². The van der Waals surface area contributed by atoms with Gasteiger partial charge in [0.2, 0.25) is 0 Å². The molecule has 0 aromatic heterocycles. The van der Waals surface area contributed by atoms with E-state index in [2.05, 4.69) is 0 Å². The van der Waals surface area contributed by atoms with E-state index in [0.717, 1.165) is 0 Å². The molecule has 0 rings (SSSR count). The van der Waals surface area contributed by atoms with Gasteiger partial charge in [0.05, 0.1) is 0 Å². The van der Waals surface area contributed by atoms with Crippen LogP contribution in [0.4, 0.5) is 0 Å². The van der Waals surface area contributed by atoms with Crippen molar-refractivity contribution >= 4 is 48.9 Å². The molecule has 5 heteroatoms. The fraction of sp³-hybridized carbons (Fsp3) is 0. The van der Waals surface area contributed by atoms with Gasteiger partial charge in [-0.05, 0) is 0 Å². The first-order valence-corrected chi connectivity index (χ1v) is 0. The molecule has 0 fully saturated rings. The van der Waals surface area contributed by atoms with Crippen LogP contribution < -0.4 is 0 Å². The maximum Gasteiger partial charge on any atom is 0 e. The van der Waals surface area contributed by atoms with E-state index >= 15 is 0 Å². The molecule has 2 radical (unpaired) electrons. The minimum absolute atomic E-state index is 0. The molecule has 3 nitrogen and oxygen atoms in total. The first-order chi connectivity index (χ1) is 0. The summed E-state index contributed by atoms with van der Waals surface area (Å²) in [7, 11) is 0. The fourth-order valence-electron chi connectivity index (χ4n) is 0. The summed E-state index contributed by atoms with van der Waals surface area (Å²) in [4.78, 5) is 0. The zero-order valence-corrected chi connectivity index (χ0v) is 9.61. The Kier molecular flexibility index (Phi) is 357. The van der Waals surface area contributed by atoms with Gasteiger partial charge in [-0.2, -0.15) is 0 Å². The number of hydrogen-bond acceptors (Lipinski definition) is 0. The van der Waals surface area contributed by atoms with Crippen LogP contribution in [0.3, 0.4) is 0 Å². The molecule has 0 spiro atoms. The molecule has 5 heavy (non-hydrogen) atoms. The van der Waals surface area contributed by atoms with Gasteiger partial charge >= 0.3 is 0 Å². The summed E-state index contributed by atoms with van der Waals surface area (Å²) in [6, 6.07) is 0. The molecule has 0 aliphatic rings. The second-order valence-corrected chi connectivity index (χ2v) is 0. The van der Waals surface area contributed by atoms with Gasteiger partial charge in [-0.15, -0.1) is 0 Å². The topological polar surface area (TPSA) is 94.5 Å². The van der Waals surface area contributed by atoms with E-state index in [4.69, 9.17) is 0 Å². The van der Waals surface area contributed by atoms with Gasteiger partial charge in [-0.25, -0.2) is 0 Å². The number of hydrogen-bond donors (Lipinski definition) is 0. The zero-order valence-electron chi connectivity index (χ0n) is 2.71. The molecule has 0 heterocycles. The predicted molar refractivity (Wildman–Crippen MR) is 16.6 cm³/mol. The van der Waals surface area contributed by atoms with E-state index in [9.17, 15) is 0 Å². The van der Waals surface area contributed by atoms with Crippen molar-refractivity contribution in [2.75, 3.05) is 0 Å². The third-order valence-corrected chi connectivity index (χ3v) is 0. The Balaban J connectivity index is 0. The second-order valence-electron chi connectivity index (χ2n) is 0. The predicted octanol–water partition coefficient (Wildman–Crippen LogP) is -2.86. The van der Waals surface area contributed by atoms with Crippen molar-refractivity contribution in [3.05, 3.63) is 0 Å². The van der Waals surface area contributed by atoms with Crippen molar-refractivity contribution in [2.45, 2.75) is 0 Å². The largest absolute Gasteiger partial charge is 0.412 e. The van der Waals surface area contributed by atoms with Crippen molar-refractivity contribution in [2.24, 2.45) is 0 Å². The summed E-state index contributed by atoms with van der Waals surface area (Å²) in [5, 5.41) is 0. The molecule has 0 aliphatic heterocycles. The van der Waals surface area contributed by atoms with Crippen molar-refractivity contribution < 1.29 is 42.6 Å². The molecule has 0 aromatic rings. The Morgan fingerprint density at radius 3 is 0.600 bits per heavy atom. The van der Waals surface area contributed by atoms with Gasteiger partial charge in [0, 0.05) is 75.1 Å². The Morgan fingerprint density at radius 1 is 0.600 bits per heavy atom. The van der Waals surface area contributed by atoms with Crippen LogP contribution >= 0.6 is 0 Å². The van der Waals surface area contributed by atoms with Crippen molar-refractivity contribution in [3.63, 3.8) is 0 Å². The third kappa shape index (κ3) is 21.8. The van der Waals surface area contributed by atoms with E-state index < -0.39 is 0 Å². The molecule has 0 atom stereocenters. The third-order valence-electron chi connectivity index (χ3n) is 0. The van der Waals surface area contributed by atoms with Gasteiger partial charge in [-0.1, -0.05) is 0 Å². The van der Waals surface area contributed by atoms with E-state index in [0.29, 0.717) is 0 Å². The Labute approximate surface area is 89.6 Å². The van der Waals surface area contributed by atoms with Crippen LogP contribution in [0.25, 0.3) is 0 Å². The Bertz CT molecular complexity index is 6.85. The first kappa shape index (κ1) is 54.0. The molecule has 0 saturated heterocycles. The minimum Gasteiger partial charge on any atom is -0.412 e. The quantitative estimate of drug-likeness (QED) is 0.428. The monoisotopic (exact) mass is 282 g/mol. The summed E-state index contributed by atoms with van der Waals surface area (Å²) in [6.45, 7) is 0. The molecule has 0 saturated carbocycles. The minimum atomic E-state index is 0. The maximum absolute atomic E-state index is 0. The molecular weight excluding hydrogens is 277 g/mol. The summed E-state index contributed by atoms with van der Waals surface area (Å²) in [5.74, 6) is 0. The number of rotatable bonds is 0. The van der Waals surface area contributed by atoms with Crippen LogP contribution in [0.2, 0.25) is 0 Å². The molecule has 0 aromatic carbocycles. The van der Waals surface area contributed by atoms with Gasteiger partial charge in [0.25, 0.3) is 0 Å². The molecule has 30 valence electrons. The van der Waals surface area contributed by atoms with Crippen molar-refractivity contribution in [1.29, 1.82) is 0 Å². The SMILES string of the molecule is O.O.O.[Ba].[Zr]. The van der Waals surface area contributed by atoms with E-state index in [-0.39, 0.29) is 91.5 Å². The molecule has 0 aliphatic carbocycles. The average molecular weight is 283 g/mol. The van der Waals surface area contributed by atoms with E-state index in [1.54, 1.807) is 0 Å². The van der Waals surface area contributed by atoms with Gasteiger partial charge in [0.1, 0.15) is 0 Å². The molecule has 6 N–H and O–H groups in total. The van der Waals surface area contributed by atoms with Crippen LogP contribution in [0.5, 0.6) is 0 Å².